The highest BCUT2D eigenvalue weighted by Gasteiger charge is 2.41. The van der Waals surface area contributed by atoms with Crippen LogP contribution in [0.25, 0.3) is 0 Å². The molecule has 50 heteroatoms. The van der Waals surface area contributed by atoms with Gasteiger partial charge in [-0.05, 0) is 141 Å². The normalized spacial score (nSPS) is 16.3. The second-order valence-corrected chi connectivity index (χ2v) is 33.3. The second kappa shape index (κ2) is 60.6. The summed E-state index contributed by atoms with van der Waals surface area (Å²) >= 11 is 4.35. The number of nitrogens with zero attached hydrogens (tertiary/aromatic N) is 1. The van der Waals surface area contributed by atoms with E-state index in [1.165, 1.54) is 25.7 Å². The molecule has 0 spiro atoms. The Balaban J connectivity index is 2.35. The van der Waals surface area contributed by atoms with Gasteiger partial charge in [-0.25, -0.2) is 4.79 Å². The second-order valence-electron chi connectivity index (χ2n) is 32.9. The van der Waals surface area contributed by atoms with E-state index in [9.17, 15) is 102 Å². The highest BCUT2D eigenvalue weighted by Crippen LogP contribution is 2.20. The summed E-state index contributed by atoms with van der Waals surface area (Å²) in [6.07, 6.45) is -1.22. The minimum atomic E-state index is -1.82. The average molecular weight is 1890 g/mol. The molecule has 1 saturated heterocycles. The van der Waals surface area contributed by atoms with Gasteiger partial charge in [-0.1, -0.05) is 84.7 Å². The van der Waals surface area contributed by atoms with Crippen LogP contribution in [0.3, 0.4) is 0 Å². The fourth-order valence-corrected chi connectivity index (χ4v) is 13.6. The van der Waals surface area contributed by atoms with Gasteiger partial charge in [0, 0.05) is 44.8 Å². The number of thiol groups is 1. The number of nitrogens with one attached hydrogen (secondary N) is 21. The quantitative estimate of drug-likeness (QED) is 0.0125. The third kappa shape index (κ3) is 42.7. The van der Waals surface area contributed by atoms with Gasteiger partial charge in [-0.15, -0.1) is 0 Å². The molecule has 19 atom stereocenters. The number of carbonyl (C=O) groups excluding carboxylic acids is 16. The van der Waals surface area contributed by atoms with Crippen molar-refractivity contribution >= 4 is 137 Å². The molecule has 1 aliphatic heterocycles. The van der Waals surface area contributed by atoms with Gasteiger partial charge in [-0.2, -0.15) is 12.6 Å². The van der Waals surface area contributed by atoms with Gasteiger partial charge in [0.15, 0.2) is 17.9 Å². The van der Waals surface area contributed by atoms with E-state index in [0.29, 0.717) is 18.4 Å². The fourth-order valence-electron chi connectivity index (χ4n) is 13.4. The molecule has 0 aliphatic carbocycles. The van der Waals surface area contributed by atoms with Crippen LogP contribution in [0.5, 0.6) is 0 Å². The molecule has 1 fully saturated rings. The van der Waals surface area contributed by atoms with E-state index in [0.717, 1.165) is 6.92 Å². The number of nitrogens with two attached hydrogens (primary N) is 5. The monoisotopic (exact) mass is 1890 g/mol. The fraction of sp³-hybridized carbons (Fsp3) is 0.671. The Hall–Kier alpha value is -12.3. The van der Waals surface area contributed by atoms with Crippen LogP contribution >= 0.6 is 12.6 Å². The number of hydrogen-bond donors (Lipinski definition) is 31. The molecule has 2 rings (SSSR count). The van der Waals surface area contributed by atoms with E-state index in [-0.39, 0.29) is 134 Å². The van der Waals surface area contributed by atoms with E-state index in [4.69, 9.17) is 50.0 Å². The Morgan fingerprint density at radius 1 is 0.455 bits per heavy atom. The number of carbonyl (C=O) groups is 18. The number of rotatable bonds is 62. The molecule has 49 nitrogen and oxygen atoms in total. The Morgan fingerprint density at radius 3 is 1.33 bits per heavy atom. The summed E-state index contributed by atoms with van der Waals surface area (Å²) in [5.41, 5.74) is 28.5. The molecular weight excluding hydrogens is 1750 g/mol. The molecule has 132 heavy (non-hydrogen) atoms. The first-order valence-corrected chi connectivity index (χ1v) is 44.7. The molecule has 1 heterocycles. The number of likely N-dealkylation sites (tertiary alicyclic amines) is 1. The largest absolute Gasteiger partial charge is 0.481 e. The molecule has 0 bridgehead atoms. The summed E-state index contributed by atoms with van der Waals surface area (Å²) in [7, 11) is 0. The van der Waals surface area contributed by atoms with Crippen molar-refractivity contribution in [2.75, 3.05) is 51.6 Å². The number of amides is 16. The van der Waals surface area contributed by atoms with Gasteiger partial charge in [0.2, 0.25) is 94.5 Å². The standard InChI is InChI=1S/C82H141N27O22S/c1-11-42(5)61(76(127)100-50(25-16-17-31-83)69(120)97-46(9)66(117)102-55(37-48-22-14-13-15-23-48)72(123)108-63(47(10)111)78(129)101-53(79(130)131)29-30-60(113)114)107-74(125)57(40-132)105-70(121)51(26-19-33-92-81(87)88)99-75(126)58-28-21-35-109(58)59(112)38-94-68(119)54(36-41(3)4)103-73(124)56(39-110)104-77(128)62(43(6)12-2)106-71(122)52(27-20-34-93-82(89)90)98-65(116)45(8)95-64(115)44(7)96-67(118)49(84)24-18-32-91-80(85)86/h13-15,22-23,41-47,49-58,61-63,110-111,132H,11-12,16-21,24-40,83-84H2,1-10H3,(H,94,119)(H,95,115)(H,96,118)(H,97,120)(H,98,116)(H,99,126)(H,100,127)(H,101,129)(H,102,117)(H,103,124)(H,104,128)(H,105,121)(H,106,122)(H,107,125)(H,108,123)(H,113,114)(H,130,131)(H4,85,86,91)(H4,87,88,92)(H4,89,90,93). The molecule has 35 N–H and O–H groups in total. The Morgan fingerprint density at radius 2 is 0.856 bits per heavy atom. The maximum absolute atomic E-state index is 14.5. The number of guanidine groups is 3. The number of benzene rings is 1. The average Bonchev–Trinajstić information content (AvgIpc) is 1.85. The lowest BCUT2D eigenvalue weighted by molar-refractivity contribution is -0.144. The molecule has 19 unspecified atom stereocenters. The molecule has 16 amide bonds. The lowest BCUT2D eigenvalue weighted by atomic mass is 9.97. The predicted octanol–water partition coefficient (Wildman–Crippen LogP) is -8.18. The van der Waals surface area contributed by atoms with Crippen molar-refractivity contribution in [1.82, 2.24) is 101 Å². The first-order chi connectivity index (χ1) is 62.1. The van der Waals surface area contributed by atoms with Crippen molar-refractivity contribution in [2.24, 2.45) is 46.4 Å². The number of aliphatic hydroxyl groups is 2. The van der Waals surface area contributed by atoms with Crippen molar-refractivity contribution in [3.8, 4) is 0 Å². The van der Waals surface area contributed by atoms with Crippen LogP contribution in [0.15, 0.2) is 30.3 Å². The Labute approximate surface area is 772 Å². The third-order valence-corrected chi connectivity index (χ3v) is 21.9. The van der Waals surface area contributed by atoms with Gasteiger partial charge in [0.05, 0.1) is 25.3 Å². The van der Waals surface area contributed by atoms with Crippen LogP contribution in [-0.4, -0.2) is 304 Å². The van der Waals surface area contributed by atoms with Gasteiger partial charge < -0.3 is 150 Å². The van der Waals surface area contributed by atoms with Crippen LogP contribution in [0.2, 0.25) is 0 Å². The van der Waals surface area contributed by atoms with Crippen LogP contribution < -0.4 is 124 Å². The molecular formula is C82H141N27O22S. The van der Waals surface area contributed by atoms with Crippen LogP contribution in [0.1, 0.15) is 178 Å². The Kier molecular flexibility index (Phi) is 53.1. The number of carboxylic acids is 2. The predicted molar refractivity (Wildman–Crippen MR) is 486 cm³/mol. The highest BCUT2D eigenvalue weighted by atomic mass is 32.1. The zero-order valence-electron chi connectivity index (χ0n) is 76.5. The number of aliphatic carboxylic acids is 2. The summed E-state index contributed by atoms with van der Waals surface area (Å²) < 4.78 is 0. The maximum atomic E-state index is 14.5. The van der Waals surface area contributed by atoms with Crippen molar-refractivity contribution in [1.29, 1.82) is 16.2 Å². The van der Waals surface area contributed by atoms with Gasteiger partial charge in [0.1, 0.15) is 90.6 Å². The summed E-state index contributed by atoms with van der Waals surface area (Å²) in [6, 6.07) is -14.9. The number of aliphatic hydroxyl groups excluding tert-OH is 2. The molecule has 742 valence electrons. The lowest BCUT2D eigenvalue weighted by Crippen LogP contribution is -2.61. The minimum Gasteiger partial charge on any atom is -0.481 e. The topological polar surface area (TPSA) is 810 Å². The zero-order chi connectivity index (χ0) is 99.8. The minimum absolute atomic E-state index is 0.00576. The van der Waals surface area contributed by atoms with Crippen molar-refractivity contribution in [2.45, 2.75) is 281 Å². The SMILES string of the molecule is CCC(C)C(NC(=O)C(CS)NC(=O)C(CCCNC(=N)N)NC(=O)C1CCCN1C(=O)CNC(=O)C(CC(C)C)NC(=O)C(CO)NC(=O)C(NC(=O)C(CCCNC(=N)N)NC(=O)C(C)NC(=O)C(C)NC(=O)C(N)CCCNC(=N)N)C(C)CC)C(=O)NC(CCCCN)C(=O)NC(C)C(=O)NC(Cc1ccccc1)C(=O)NC(C(=O)NC(CCC(=O)O)C(=O)O)C(C)O. The van der Waals surface area contributed by atoms with Crippen molar-refractivity contribution in [3.63, 3.8) is 0 Å². The summed E-state index contributed by atoms with van der Waals surface area (Å²) in [5, 5.41) is 108. The van der Waals surface area contributed by atoms with E-state index in [1.54, 1.807) is 71.9 Å². The molecule has 1 aliphatic rings. The molecule has 1 aromatic carbocycles. The summed E-state index contributed by atoms with van der Waals surface area (Å²) in [6.45, 7) is 13.9. The third-order valence-electron chi connectivity index (χ3n) is 21.5. The van der Waals surface area contributed by atoms with Crippen LogP contribution in [0.4, 0.5) is 0 Å². The molecule has 0 radical (unpaired) electrons. The van der Waals surface area contributed by atoms with Crippen molar-refractivity contribution < 1.29 is 107 Å². The smallest absolute Gasteiger partial charge is 0.326 e. The van der Waals surface area contributed by atoms with Crippen molar-refractivity contribution in [3.05, 3.63) is 35.9 Å². The summed E-state index contributed by atoms with van der Waals surface area (Å²) in [5.74, 6) is -20.6. The molecule has 0 aromatic heterocycles. The van der Waals surface area contributed by atoms with Gasteiger partial charge in [-0.3, -0.25) is 97.7 Å². The maximum Gasteiger partial charge on any atom is 0.326 e. The zero-order valence-corrected chi connectivity index (χ0v) is 77.4. The number of carboxylic acid groups (broad SMARTS) is 2. The van der Waals surface area contributed by atoms with E-state index in [2.05, 4.69) is 108 Å². The summed E-state index contributed by atoms with van der Waals surface area (Å²) in [4.78, 5) is 248. The van der Waals surface area contributed by atoms with Crippen LogP contribution in [-0.2, 0) is 92.7 Å². The van der Waals surface area contributed by atoms with E-state index in [1.807, 2.05) is 0 Å². The first kappa shape index (κ1) is 116. The number of hydrogen-bond acceptors (Lipinski definition) is 26. The van der Waals surface area contributed by atoms with E-state index < -0.39 is 259 Å². The van der Waals surface area contributed by atoms with E-state index >= 15 is 0 Å². The van der Waals surface area contributed by atoms with Gasteiger partial charge >= 0.3 is 11.9 Å². The van der Waals surface area contributed by atoms with Crippen LogP contribution in [0, 0.1) is 34.0 Å². The highest BCUT2D eigenvalue weighted by molar-refractivity contribution is 7.80. The molecule has 1 aromatic rings. The van der Waals surface area contributed by atoms with Gasteiger partial charge in [0.25, 0.3) is 0 Å². The first-order valence-electron chi connectivity index (χ1n) is 44.1. The molecule has 0 saturated carbocycles. The number of unbranched alkanes of at least 4 members (excludes halogenated alkanes) is 1. The Bertz CT molecular complexity index is 4060. The lowest BCUT2D eigenvalue weighted by Gasteiger charge is -2.30.